The summed E-state index contributed by atoms with van der Waals surface area (Å²) >= 11 is 0. The van der Waals surface area contributed by atoms with E-state index in [2.05, 4.69) is 58.5 Å². The van der Waals surface area contributed by atoms with Crippen molar-refractivity contribution >= 4 is 62.7 Å². The molecule has 2 aromatic carbocycles. The van der Waals surface area contributed by atoms with E-state index >= 15 is 0 Å². The average Bonchev–Trinajstić information content (AvgIpc) is 3.95. The Kier molecular flexibility index (Phi) is 13.0. The molecular formula is C47H53ClN12O4. The molecule has 6 N–H and O–H groups in total. The van der Waals surface area contributed by atoms with Gasteiger partial charge in [-0.3, -0.25) is 10.2 Å². The van der Waals surface area contributed by atoms with Crippen LogP contribution in [0.2, 0.25) is 0 Å². The third-order valence-corrected chi connectivity index (χ3v) is 11.8. The predicted molar refractivity (Wildman–Crippen MR) is 242 cm³/mol. The summed E-state index contributed by atoms with van der Waals surface area (Å²) in [6.45, 7) is 11.1. The number of hydrogen-bond donors (Lipinski definition) is 5. The van der Waals surface area contributed by atoms with Crippen molar-refractivity contribution < 1.29 is 36.8 Å². The van der Waals surface area contributed by atoms with Crippen LogP contribution >= 0.6 is 0 Å². The zero-order chi connectivity index (χ0) is 43.5. The van der Waals surface area contributed by atoms with Crippen molar-refractivity contribution in [1.82, 2.24) is 45.1 Å². The Hall–Kier alpha value is -6.78. The zero-order valence-corrected chi connectivity index (χ0v) is 37.0. The molecule has 0 spiro atoms. The molecule has 16 nitrogen and oxygen atoms in total. The van der Waals surface area contributed by atoms with Crippen molar-refractivity contribution in [2.75, 3.05) is 49.9 Å². The van der Waals surface area contributed by atoms with E-state index in [1.165, 1.54) is 16.7 Å². The molecule has 0 saturated heterocycles. The van der Waals surface area contributed by atoms with E-state index in [1.54, 1.807) is 9.80 Å². The molecule has 0 saturated carbocycles. The van der Waals surface area contributed by atoms with Crippen LogP contribution in [0.5, 0.6) is 0 Å². The number of fused-ring (bicyclic) bond motifs is 6. The molecule has 6 aromatic rings. The van der Waals surface area contributed by atoms with E-state index in [4.69, 9.17) is 4.74 Å². The number of nitrogens with zero attached hydrogens (tertiary/aromatic N) is 7. The molecule has 4 aromatic heterocycles. The van der Waals surface area contributed by atoms with E-state index in [1.807, 2.05) is 98.7 Å². The Morgan fingerprint density at radius 3 is 1.62 bits per heavy atom. The Bertz CT molecular complexity index is 2730. The van der Waals surface area contributed by atoms with Crippen molar-refractivity contribution in [3.05, 3.63) is 119 Å². The Morgan fingerprint density at radius 2 is 1.17 bits per heavy atom. The van der Waals surface area contributed by atoms with Crippen molar-refractivity contribution in [2.45, 2.75) is 65.1 Å². The van der Waals surface area contributed by atoms with Crippen LogP contribution < -0.4 is 28.4 Å². The van der Waals surface area contributed by atoms with Crippen molar-refractivity contribution in [2.24, 2.45) is 0 Å². The van der Waals surface area contributed by atoms with Crippen molar-refractivity contribution in [3.8, 4) is 0 Å². The SMILES string of the molecule is CC(C)(C)OC(=O)N1CC=C(c2[nH]nc3ncc4c(c23)CCN(C(=O)Nc2ccccc2)C4)CC1.O=C(Nc1ccccc1)N1CCc2c(cnc3n[nH]c(C4=CC[NH2+]CC4)c23)C1.[Cl-]. The number of amides is 5. The predicted octanol–water partition coefficient (Wildman–Crippen LogP) is 3.47. The molecule has 4 aliphatic heterocycles. The monoisotopic (exact) mass is 884 g/mol. The molecule has 8 heterocycles. The second kappa shape index (κ2) is 18.9. The lowest BCUT2D eigenvalue weighted by Gasteiger charge is -2.30. The number of pyridine rings is 2. The van der Waals surface area contributed by atoms with Gasteiger partial charge in [-0.1, -0.05) is 42.5 Å². The van der Waals surface area contributed by atoms with E-state index in [0.717, 1.165) is 88.2 Å². The normalized spacial score (nSPS) is 16.0. The van der Waals surface area contributed by atoms with Gasteiger partial charge in [-0.25, -0.2) is 24.4 Å². The number of carbonyl (C=O) groups is 3. The molecule has 10 rings (SSSR count). The number of aromatic amines is 2. The first-order valence-corrected chi connectivity index (χ1v) is 21.7. The van der Waals surface area contributed by atoms with Crippen molar-refractivity contribution in [1.29, 1.82) is 0 Å². The third kappa shape index (κ3) is 9.57. The van der Waals surface area contributed by atoms with Gasteiger partial charge in [0.2, 0.25) is 0 Å². The van der Waals surface area contributed by atoms with Gasteiger partial charge in [-0.2, -0.15) is 10.2 Å². The summed E-state index contributed by atoms with van der Waals surface area (Å²) in [4.78, 5) is 52.4. The van der Waals surface area contributed by atoms with Gasteiger partial charge in [-0.15, -0.1) is 0 Å². The van der Waals surface area contributed by atoms with Gasteiger partial charge in [0.05, 0.1) is 24.5 Å². The number of para-hydroxylation sites is 2. The highest BCUT2D eigenvalue weighted by Gasteiger charge is 2.29. The van der Waals surface area contributed by atoms with Crippen LogP contribution in [0.1, 0.15) is 67.3 Å². The summed E-state index contributed by atoms with van der Waals surface area (Å²) in [5.74, 6) is 0. The molecule has 332 valence electrons. The Balaban J connectivity index is 0.000000176. The van der Waals surface area contributed by atoms with Crippen LogP contribution in [-0.2, 0) is 30.7 Å². The van der Waals surface area contributed by atoms with Gasteiger partial charge >= 0.3 is 18.2 Å². The molecule has 0 bridgehead atoms. The van der Waals surface area contributed by atoms with E-state index in [9.17, 15) is 14.4 Å². The highest BCUT2D eigenvalue weighted by Crippen LogP contribution is 2.34. The van der Waals surface area contributed by atoms with Gasteiger partial charge in [-0.05, 0) is 104 Å². The number of ether oxygens (including phenoxy) is 1. The standard InChI is InChI=1S/C26H30N6O3.C21H22N6O.ClH/c1-26(2,3)35-25(34)31-12-9-17(10-13-31)22-21-20-11-14-32(16-18(20)15-27-23(21)30-29-22)24(33)28-19-7-5-4-6-8-19;28-21(24-16-4-2-1-3-5-16)27-11-8-17-15(13-27)12-23-20-18(17)19(25-26-20)14-6-9-22-10-7-14;/h4-9,15H,10-14,16H2,1-3H3,(H,28,33)(H,27,29,30);1-6,12,22H,7-11,13H2,(H,24,28)(H,23,25,26);1H. The van der Waals surface area contributed by atoms with Crippen LogP contribution in [-0.4, -0.2) is 108 Å². The summed E-state index contributed by atoms with van der Waals surface area (Å²) in [7, 11) is 0. The fourth-order valence-electron chi connectivity index (χ4n) is 8.66. The zero-order valence-electron chi connectivity index (χ0n) is 36.3. The third-order valence-electron chi connectivity index (χ3n) is 11.8. The molecule has 64 heavy (non-hydrogen) atoms. The number of rotatable bonds is 4. The second-order valence-corrected chi connectivity index (χ2v) is 17.3. The second-order valence-electron chi connectivity index (χ2n) is 17.3. The summed E-state index contributed by atoms with van der Waals surface area (Å²) in [6, 6.07) is 18.8. The minimum atomic E-state index is -0.517. The van der Waals surface area contributed by atoms with Crippen LogP contribution in [0.4, 0.5) is 25.8 Å². The summed E-state index contributed by atoms with van der Waals surface area (Å²) in [5, 5.41) is 25.6. The van der Waals surface area contributed by atoms with E-state index in [-0.39, 0.29) is 30.6 Å². The van der Waals surface area contributed by atoms with E-state index < -0.39 is 5.60 Å². The van der Waals surface area contributed by atoms with Gasteiger partial charge < -0.3 is 47.8 Å². The van der Waals surface area contributed by atoms with Crippen LogP contribution in [0.15, 0.2) is 85.2 Å². The number of quaternary nitrogens is 1. The molecule has 5 amide bonds. The minimum Gasteiger partial charge on any atom is -1.00 e. The lowest BCUT2D eigenvalue weighted by atomic mass is 9.94. The van der Waals surface area contributed by atoms with Crippen LogP contribution in [0, 0.1) is 0 Å². The number of benzene rings is 2. The van der Waals surface area contributed by atoms with Crippen LogP contribution in [0.25, 0.3) is 33.2 Å². The number of carbonyl (C=O) groups excluding carboxylic acids is 3. The Morgan fingerprint density at radius 1 is 0.672 bits per heavy atom. The molecule has 0 radical (unpaired) electrons. The molecule has 17 heteroatoms. The molecule has 4 aliphatic rings. The number of halogens is 1. The average molecular weight is 885 g/mol. The smallest absolute Gasteiger partial charge is 0.410 e. The van der Waals surface area contributed by atoms with Crippen LogP contribution in [0.3, 0.4) is 0 Å². The van der Waals surface area contributed by atoms with Gasteiger partial charge in [0.1, 0.15) is 5.60 Å². The lowest BCUT2D eigenvalue weighted by molar-refractivity contribution is -0.646. The molecule has 0 unspecified atom stereocenters. The van der Waals surface area contributed by atoms with Gasteiger partial charge in [0.15, 0.2) is 11.3 Å². The number of hydrogen-bond acceptors (Lipinski definition) is 8. The first-order valence-electron chi connectivity index (χ1n) is 21.7. The first kappa shape index (κ1) is 43.9. The fraction of sp³-hybridized carbons (Fsp3) is 0.340. The largest absolute Gasteiger partial charge is 1.00 e. The maximum atomic E-state index is 12.8. The summed E-state index contributed by atoms with van der Waals surface area (Å²) < 4.78 is 5.50. The van der Waals surface area contributed by atoms with Crippen molar-refractivity contribution in [3.63, 3.8) is 0 Å². The van der Waals surface area contributed by atoms with E-state index in [0.29, 0.717) is 51.3 Å². The number of nitrogens with two attached hydrogens (primary N) is 1. The number of anilines is 2. The molecular weight excluding hydrogens is 832 g/mol. The topological polar surface area (TPSA) is 194 Å². The Labute approximate surface area is 377 Å². The van der Waals surface area contributed by atoms with Gasteiger partial charge in [0.25, 0.3) is 0 Å². The first-order chi connectivity index (χ1) is 30.6. The number of nitrogens with one attached hydrogen (secondary N) is 4. The maximum Gasteiger partial charge on any atom is 0.410 e. The number of aromatic nitrogens is 6. The van der Waals surface area contributed by atoms with Gasteiger partial charge in [0, 0.05) is 80.2 Å². The maximum absolute atomic E-state index is 12.8. The highest BCUT2D eigenvalue weighted by molar-refractivity contribution is 5.95. The highest BCUT2D eigenvalue weighted by atomic mass is 35.5. The lowest BCUT2D eigenvalue weighted by Crippen LogP contribution is -3.00. The summed E-state index contributed by atoms with van der Waals surface area (Å²) in [5.41, 5.74) is 11.6. The minimum absolute atomic E-state index is 0. The molecule has 0 atom stereocenters. The quantitative estimate of drug-likeness (QED) is 0.178. The fourth-order valence-corrected chi connectivity index (χ4v) is 8.66. The number of H-pyrrole nitrogens is 2. The summed E-state index contributed by atoms with van der Waals surface area (Å²) in [6.07, 6.45) is 11.0. The number of urea groups is 2. The molecule has 0 fully saturated rings. The molecule has 0 aliphatic carbocycles.